The summed E-state index contributed by atoms with van der Waals surface area (Å²) in [7, 11) is -4.35. The van der Waals surface area contributed by atoms with E-state index in [2.05, 4.69) is 35.9 Å². The lowest BCUT2D eigenvalue weighted by atomic mass is 10.0. The van der Waals surface area contributed by atoms with Crippen LogP contribution >= 0.6 is 0 Å². The third kappa shape index (κ3) is 6.50. The largest absolute Gasteiger partial charge is 0.478 e. The van der Waals surface area contributed by atoms with Gasteiger partial charge in [0, 0.05) is 18.1 Å². The first-order valence-electron chi connectivity index (χ1n) is 12.7. The number of fused-ring (bicyclic) bond motifs is 1. The Hall–Kier alpha value is -3.65. The zero-order chi connectivity index (χ0) is 28.0. The Morgan fingerprint density at radius 1 is 1.13 bits per heavy atom. The number of nitrogens with one attached hydrogen (secondary N) is 5. The van der Waals surface area contributed by atoms with E-state index < -0.39 is 27.6 Å². The molecule has 2 heterocycles. The third-order valence-electron chi connectivity index (χ3n) is 6.59. The molecule has 0 radical (unpaired) electrons. The van der Waals surface area contributed by atoms with Crippen LogP contribution < -0.4 is 20.7 Å². The average molecular weight is 556 g/mol. The lowest BCUT2D eigenvalue weighted by molar-refractivity contribution is -0.145. The molecule has 2 atom stereocenters. The number of sulfonamides is 1. The fraction of sp³-hybridized carbons (Fsp3) is 0.385. The standard InChI is InChI=1S/C26H33N7O5S/c1-17-8-5-9-18(2)22(17)39(37,38)33-26(24(35)36,12-3-4-13-27-25-28-14-7-15-29-25)31-23(34)19-10-6-11-21-20(19)16-30-32-21/h5-6,8-11,14,16,25,27,29,33H,3-4,7,12-13,15H2,1-2H3,(H,30,32)(H,31,34)(H,35,36). The predicted octanol–water partition coefficient (Wildman–Crippen LogP) is 1.78. The quantitative estimate of drug-likeness (QED) is 0.145. The number of aryl methyl sites for hydroxylation is 2. The molecule has 6 N–H and O–H groups in total. The minimum absolute atomic E-state index is 0.0234. The summed E-state index contributed by atoms with van der Waals surface area (Å²) in [5.74, 6) is -2.26. The van der Waals surface area contributed by atoms with Crippen LogP contribution in [0.2, 0.25) is 0 Å². The van der Waals surface area contributed by atoms with Gasteiger partial charge in [0.1, 0.15) is 0 Å². The van der Waals surface area contributed by atoms with E-state index in [0.717, 1.165) is 13.0 Å². The van der Waals surface area contributed by atoms with E-state index in [4.69, 9.17) is 0 Å². The number of aliphatic imine (C=N–C) groups is 1. The summed E-state index contributed by atoms with van der Waals surface area (Å²) >= 11 is 0. The van der Waals surface area contributed by atoms with Crippen molar-refractivity contribution >= 4 is 39.0 Å². The van der Waals surface area contributed by atoms with Crippen LogP contribution in [0.15, 0.2) is 52.5 Å². The number of rotatable bonds is 12. The van der Waals surface area contributed by atoms with E-state index in [9.17, 15) is 23.1 Å². The van der Waals surface area contributed by atoms with Gasteiger partial charge in [-0.2, -0.15) is 9.82 Å². The van der Waals surface area contributed by atoms with E-state index in [1.807, 2.05) is 6.21 Å². The Morgan fingerprint density at radius 3 is 2.56 bits per heavy atom. The number of amides is 1. The van der Waals surface area contributed by atoms with E-state index in [1.165, 1.54) is 12.3 Å². The molecule has 1 aliphatic heterocycles. The fourth-order valence-electron chi connectivity index (χ4n) is 4.67. The smallest absolute Gasteiger partial charge is 0.345 e. The second-order valence-electron chi connectivity index (χ2n) is 9.52. The number of carbonyl (C=O) groups excluding carboxylic acids is 1. The maximum absolute atomic E-state index is 13.6. The van der Waals surface area contributed by atoms with Crippen molar-refractivity contribution in [3.63, 3.8) is 0 Å². The van der Waals surface area contributed by atoms with Gasteiger partial charge in [0.2, 0.25) is 15.7 Å². The molecule has 3 aromatic rings. The van der Waals surface area contributed by atoms with E-state index >= 15 is 0 Å². The Morgan fingerprint density at radius 2 is 1.87 bits per heavy atom. The normalized spacial score (nSPS) is 17.1. The fourth-order valence-corrected chi connectivity index (χ4v) is 6.45. The summed E-state index contributed by atoms with van der Waals surface area (Å²) in [4.78, 5) is 30.5. The zero-order valence-electron chi connectivity index (χ0n) is 21.8. The number of aromatic amines is 1. The monoisotopic (exact) mass is 555 g/mol. The second-order valence-corrected chi connectivity index (χ2v) is 11.1. The van der Waals surface area contributed by atoms with Gasteiger partial charge in [-0.1, -0.05) is 24.3 Å². The number of hydrogen-bond donors (Lipinski definition) is 6. The highest BCUT2D eigenvalue weighted by Crippen LogP contribution is 2.24. The summed E-state index contributed by atoms with van der Waals surface area (Å²) in [5.41, 5.74) is -0.634. The molecule has 208 valence electrons. The number of carboxylic acid groups (broad SMARTS) is 1. The van der Waals surface area contributed by atoms with Crippen LogP contribution in [0.4, 0.5) is 0 Å². The number of unbranched alkanes of at least 4 members (excludes halogenated alkanes) is 1. The van der Waals surface area contributed by atoms with Crippen molar-refractivity contribution in [3.05, 3.63) is 59.3 Å². The summed E-state index contributed by atoms with van der Waals surface area (Å²) in [5, 5.41) is 26.5. The number of H-pyrrole nitrogens is 1. The van der Waals surface area contributed by atoms with Gasteiger partial charge in [-0.05, 0) is 69.3 Å². The molecule has 1 aliphatic rings. The Labute approximate surface area is 226 Å². The molecule has 1 amide bonds. The molecular formula is C26H33N7O5S. The maximum Gasteiger partial charge on any atom is 0.345 e. The summed E-state index contributed by atoms with van der Waals surface area (Å²) < 4.78 is 29.6. The van der Waals surface area contributed by atoms with Crippen LogP contribution in [-0.2, 0) is 14.8 Å². The molecule has 13 heteroatoms. The van der Waals surface area contributed by atoms with E-state index in [1.54, 1.807) is 44.2 Å². The molecule has 12 nitrogen and oxygen atoms in total. The molecule has 0 saturated carbocycles. The summed E-state index contributed by atoms with van der Waals surface area (Å²) in [6.07, 6.45) is 4.54. The van der Waals surface area contributed by atoms with Gasteiger partial charge in [-0.3, -0.25) is 25.5 Å². The van der Waals surface area contributed by atoms with Gasteiger partial charge in [0.15, 0.2) is 6.29 Å². The number of carboxylic acids is 1. The highest BCUT2D eigenvalue weighted by molar-refractivity contribution is 7.89. The molecule has 0 fully saturated rings. The van der Waals surface area contributed by atoms with Crippen molar-refractivity contribution in [2.75, 3.05) is 13.1 Å². The van der Waals surface area contributed by atoms with E-state index in [0.29, 0.717) is 41.4 Å². The van der Waals surface area contributed by atoms with Crippen LogP contribution in [0.3, 0.4) is 0 Å². The van der Waals surface area contributed by atoms with Crippen molar-refractivity contribution in [3.8, 4) is 0 Å². The van der Waals surface area contributed by atoms with Crippen molar-refractivity contribution < 1.29 is 23.1 Å². The summed E-state index contributed by atoms with van der Waals surface area (Å²) in [6.45, 7) is 4.58. The molecule has 2 unspecified atom stereocenters. The first-order chi connectivity index (χ1) is 18.6. The van der Waals surface area contributed by atoms with Crippen LogP contribution in [-0.4, -0.2) is 66.9 Å². The van der Waals surface area contributed by atoms with Gasteiger partial charge < -0.3 is 10.4 Å². The minimum atomic E-state index is -4.35. The first-order valence-corrected chi connectivity index (χ1v) is 14.2. The lowest BCUT2D eigenvalue weighted by Crippen LogP contribution is -2.65. The maximum atomic E-state index is 13.6. The molecule has 4 rings (SSSR count). The van der Waals surface area contributed by atoms with Crippen molar-refractivity contribution in [1.82, 2.24) is 30.9 Å². The molecule has 0 saturated heterocycles. The molecule has 39 heavy (non-hydrogen) atoms. The van der Waals surface area contributed by atoms with Crippen LogP contribution in [0.25, 0.3) is 10.9 Å². The molecular weight excluding hydrogens is 522 g/mol. The highest BCUT2D eigenvalue weighted by Gasteiger charge is 2.44. The predicted molar refractivity (Wildman–Crippen MR) is 147 cm³/mol. The average Bonchev–Trinajstić information content (AvgIpc) is 3.37. The van der Waals surface area contributed by atoms with Crippen LogP contribution in [0.1, 0.15) is 47.2 Å². The Balaban J connectivity index is 1.61. The van der Waals surface area contributed by atoms with Crippen molar-refractivity contribution in [2.45, 2.75) is 56.4 Å². The van der Waals surface area contributed by atoms with Gasteiger partial charge in [-0.15, -0.1) is 0 Å². The Kier molecular flexibility index (Phi) is 8.75. The van der Waals surface area contributed by atoms with Crippen LogP contribution in [0, 0.1) is 13.8 Å². The molecule has 0 bridgehead atoms. The molecule has 1 aromatic heterocycles. The van der Waals surface area contributed by atoms with Gasteiger partial charge in [-0.25, -0.2) is 13.2 Å². The van der Waals surface area contributed by atoms with Gasteiger partial charge in [0.25, 0.3) is 5.91 Å². The minimum Gasteiger partial charge on any atom is -0.478 e. The number of benzene rings is 2. The van der Waals surface area contributed by atoms with Crippen LogP contribution in [0.5, 0.6) is 0 Å². The number of hydrogen-bond acceptors (Lipinski definition) is 8. The Bertz CT molecular complexity index is 1470. The summed E-state index contributed by atoms with van der Waals surface area (Å²) in [6, 6.07) is 9.88. The highest BCUT2D eigenvalue weighted by atomic mass is 32.2. The number of nitrogens with zero attached hydrogens (tertiary/aromatic N) is 2. The number of aromatic nitrogens is 2. The van der Waals surface area contributed by atoms with Crippen molar-refractivity contribution in [1.29, 1.82) is 0 Å². The second kappa shape index (κ2) is 12.0. The molecule has 2 aromatic carbocycles. The number of carbonyl (C=O) groups is 2. The molecule has 0 aliphatic carbocycles. The zero-order valence-corrected chi connectivity index (χ0v) is 22.6. The van der Waals surface area contributed by atoms with Crippen molar-refractivity contribution in [2.24, 2.45) is 4.99 Å². The van der Waals surface area contributed by atoms with Gasteiger partial charge >= 0.3 is 5.97 Å². The number of aliphatic carboxylic acids is 1. The lowest BCUT2D eigenvalue weighted by Gasteiger charge is -2.32. The first kappa shape index (κ1) is 28.4. The van der Waals surface area contributed by atoms with E-state index in [-0.39, 0.29) is 23.2 Å². The third-order valence-corrected chi connectivity index (χ3v) is 8.39. The molecule has 0 spiro atoms. The topological polar surface area (TPSA) is 178 Å². The van der Waals surface area contributed by atoms with Gasteiger partial charge in [0.05, 0.1) is 22.2 Å². The SMILES string of the molecule is Cc1cccc(C)c1S(=O)(=O)NC(CCCCNC1N=CCCN1)(NC(=O)c1cccc2[nH]ncc12)C(=O)O.